The second-order valence-electron chi connectivity index (χ2n) is 8.53. The summed E-state index contributed by atoms with van der Waals surface area (Å²) in [5, 5.41) is 1.41. The standard InChI is InChI=1S/C27H34N2/c1-4-22-14-12-21(19-23(22)5-2)13-15-25-10-6-7-17-29(25)20-24-9-8-11-27-26(24)16-18-28(27)3/h4,8-9,11-12,14,16,18-19,25H,1,5-7,10,13,15,17,20H2,2-3H3. The Hall–Kier alpha value is -2.32. The summed E-state index contributed by atoms with van der Waals surface area (Å²) in [7, 11) is 2.14. The molecule has 0 amide bonds. The number of aromatic nitrogens is 1. The molecule has 0 N–H and O–H groups in total. The van der Waals surface area contributed by atoms with Crippen LogP contribution in [0.15, 0.2) is 55.2 Å². The molecule has 0 saturated carbocycles. The van der Waals surface area contributed by atoms with Crippen molar-refractivity contribution in [1.82, 2.24) is 9.47 Å². The number of benzene rings is 2. The van der Waals surface area contributed by atoms with Crippen molar-refractivity contribution < 1.29 is 0 Å². The Labute approximate surface area is 175 Å². The van der Waals surface area contributed by atoms with Crippen LogP contribution in [0.1, 0.15) is 54.9 Å². The van der Waals surface area contributed by atoms with E-state index in [9.17, 15) is 0 Å². The van der Waals surface area contributed by atoms with Crippen LogP contribution in [0.3, 0.4) is 0 Å². The predicted octanol–water partition coefficient (Wildman–Crippen LogP) is 6.37. The second kappa shape index (κ2) is 9.00. The van der Waals surface area contributed by atoms with Gasteiger partial charge in [0, 0.05) is 36.7 Å². The monoisotopic (exact) mass is 386 g/mol. The van der Waals surface area contributed by atoms with Crippen molar-refractivity contribution in [1.29, 1.82) is 0 Å². The van der Waals surface area contributed by atoms with E-state index in [1.807, 2.05) is 6.08 Å². The fourth-order valence-electron chi connectivity index (χ4n) is 4.97. The molecule has 4 rings (SSSR count). The average molecular weight is 387 g/mol. The molecule has 1 aliphatic rings. The molecular formula is C27H34N2. The van der Waals surface area contributed by atoms with Gasteiger partial charge in [-0.2, -0.15) is 0 Å². The van der Waals surface area contributed by atoms with Crippen LogP contribution in [-0.2, 0) is 26.4 Å². The summed E-state index contributed by atoms with van der Waals surface area (Å²) in [5.41, 5.74) is 6.99. The molecule has 0 aliphatic carbocycles. The van der Waals surface area contributed by atoms with E-state index in [2.05, 4.69) is 78.7 Å². The lowest BCUT2D eigenvalue weighted by molar-refractivity contribution is 0.133. The van der Waals surface area contributed by atoms with E-state index in [0.717, 1.165) is 13.0 Å². The number of aryl methyl sites for hydroxylation is 3. The highest BCUT2D eigenvalue weighted by Gasteiger charge is 2.23. The highest BCUT2D eigenvalue weighted by atomic mass is 15.2. The molecule has 3 aromatic rings. The minimum absolute atomic E-state index is 0.687. The molecule has 1 aromatic heterocycles. The van der Waals surface area contributed by atoms with Crippen LogP contribution >= 0.6 is 0 Å². The summed E-state index contributed by atoms with van der Waals surface area (Å²) in [6.07, 6.45) is 11.7. The number of hydrogen-bond acceptors (Lipinski definition) is 1. The van der Waals surface area contributed by atoms with Crippen LogP contribution in [0.25, 0.3) is 17.0 Å². The Bertz CT molecular complexity index is 981. The van der Waals surface area contributed by atoms with Crippen molar-refractivity contribution in [2.75, 3.05) is 6.54 Å². The van der Waals surface area contributed by atoms with Gasteiger partial charge in [0.05, 0.1) is 0 Å². The second-order valence-corrected chi connectivity index (χ2v) is 8.53. The first kappa shape index (κ1) is 20.0. The van der Waals surface area contributed by atoms with E-state index in [1.165, 1.54) is 71.8 Å². The van der Waals surface area contributed by atoms with Gasteiger partial charge in [0.25, 0.3) is 0 Å². The highest BCUT2D eigenvalue weighted by molar-refractivity contribution is 5.83. The molecule has 2 heterocycles. The molecule has 0 bridgehead atoms. The maximum absolute atomic E-state index is 3.95. The quantitative estimate of drug-likeness (QED) is 0.458. The van der Waals surface area contributed by atoms with E-state index < -0.39 is 0 Å². The topological polar surface area (TPSA) is 8.17 Å². The number of rotatable bonds is 7. The third-order valence-electron chi connectivity index (χ3n) is 6.72. The molecule has 1 aliphatic heterocycles. The summed E-state index contributed by atoms with van der Waals surface area (Å²) in [6.45, 7) is 8.49. The maximum atomic E-state index is 3.95. The van der Waals surface area contributed by atoms with Gasteiger partial charge in [-0.15, -0.1) is 0 Å². The lowest BCUT2D eigenvalue weighted by atomic mass is 9.93. The molecule has 0 radical (unpaired) electrons. The lowest BCUT2D eigenvalue weighted by Gasteiger charge is -2.36. The number of nitrogens with zero attached hydrogens (tertiary/aromatic N) is 2. The molecule has 29 heavy (non-hydrogen) atoms. The average Bonchev–Trinajstić information content (AvgIpc) is 3.15. The van der Waals surface area contributed by atoms with Crippen molar-refractivity contribution in [3.63, 3.8) is 0 Å². The zero-order chi connectivity index (χ0) is 20.2. The van der Waals surface area contributed by atoms with Crippen LogP contribution in [0, 0.1) is 0 Å². The zero-order valence-corrected chi connectivity index (χ0v) is 18.0. The summed E-state index contributed by atoms with van der Waals surface area (Å²) < 4.78 is 2.23. The Morgan fingerprint density at radius 2 is 2.00 bits per heavy atom. The van der Waals surface area contributed by atoms with Crippen LogP contribution < -0.4 is 0 Å². The Morgan fingerprint density at radius 3 is 2.83 bits per heavy atom. The minimum atomic E-state index is 0.687. The Balaban J connectivity index is 1.47. The summed E-state index contributed by atoms with van der Waals surface area (Å²) in [6, 6.07) is 16.7. The van der Waals surface area contributed by atoms with E-state index in [1.54, 1.807) is 0 Å². The molecule has 2 aromatic carbocycles. The van der Waals surface area contributed by atoms with Crippen LogP contribution in [0.4, 0.5) is 0 Å². The van der Waals surface area contributed by atoms with Crippen molar-refractivity contribution in [2.45, 2.75) is 58.0 Å². The number of hydrogen-bond donors (Lipinski definition) is 0. The molecule has 1 saturated heterocycles. The van der Waals surface area contributed by atoms with Gasteiger partial charge < -0.3 is 4.57 Å². The van der Waals surface area contributed by atoms with E-state index in [4.69, 9.17) is 0 Å². The van der Waals surface area contributed by atoms with E-state index >= 15 is 0 Å². The third kappa shape index (κ3) is 4.33. The lowest BCUT2D eigenvalue weighted by Crippen LogP contribution is -2.39. The fraction of sp³-hybridized carbons (Fsp3) is 0.407. The first-order valence-corrected chi connectivity index (χ1v) is 11.2. The summed E-state index contributed by atoms with van der Waals surface area (Å²) in [5.74, 6) is 0. The number of likely N-dealkylation sites (tertiary alicyclic amines) is 1. The molecular weight excluding hydrogens is 352 g/mol. The SMILES string of the molecule is C=Cc1ccc(CCC2CCCCN2Cc2cccc3c2ccn3C)cc1CC. The molecule has 0 spiro atoms. The van der Waals surface area contributed by atoms with Gasteiger partial charge >= 0.3 is 0 Å². The van der Waals surface area contributed by atoms with Gasteiger partial charge in [0.15, 0.2) is 0 Å². The summed E-state index contributed by atoms with van der Waals surface area (Å²) >= 11 is 0. The smallest absolute Gasteiger partial charge is 0.0480 e. The Kier molecular flexibility index (Phi) is 6.20. The van der Waals surface area contributed by atoms with Crippen LogP contribution in [0.2, 0.25) is 0 Å². The zero-order valence-electron chi connectivity index (χ0n) is 18.0. The van der Waals surface area contributed by atoms with Crippen molar-refractivity contribution in [2.24, 2.45) is 7.05 Å². The largest absolute Gasteiger partial charge is 0.351 e. The molecule has 2 nitrogen and oxygen atoms in total. The molecule has 152 valence electrons. The molecule has 1 atom stereocenters. The van der Waals surface area contributed by atoms with Gasteiger partial charge in [-0.1, -0.05) is 56.3 Å². The summed E-state index contributed by atoms with van der Waals surface area (Å²) in [4.78, 5) is 2.74. The minimum Gasteiger partial charge on any atom is -0.351 e. The van der Waals surface area contributed by atoms with Crippen molar-refractivity contribution in [3.05, 3.63) is 77.5 Å². The molecule has 1 unspecified atom stereocenters. The first-order valence-electron chi connectivity index (χ1n) is 11.2. The maximum Gasteiger partial charge on any atom is 0.0480 e. The predicted molar refractivity (Wildman–Crippen MR) is 125 cm³/mol. The Morgan fingerprint density at radius 1 is 1.10 bits per heavy atom. The number of piperidine rings is 1. The van der Waals surface area contributed by atoms with Gasteiger partial charge in [-0.3, -0.25) is 4.90 Å². The van der Waals surface area contributed by atoms with E-state index in [0.29, 0.717) is 6.04 Å². The van der Waals surface area contributed by atoms with Gasteiger partial charge in [0.1, 0.15) is 0 Å². The normalized spacial score (nSPS) is 17.7. The van der Waals surface area contributed by atoms with E-state index in [-0.39, 0.29) is 0 Å². The third-order valence-corrected chi connectivity index (χ3v) is 6.72. The highest BCUT2D eigenvalue weighted by Crippen LogP contribution is 2.27. The molecule has 2 heteroatoms. The first-order chi connectivity index (χ1) is 14.2. The van der Waals surface area contributed by atoms with Crippen LogP contribution in [0.5, 0.6) is 0 Å². The molecule has 1 fully saturated rings. The van der Waals surface area contributed by atoms with Gasteiger partial charge in [-0.25, -0.2) is 0 Å². The van der Waals surface area contributed by atoms with Crippen molar-refractivity contribution in [3.8, 4) is 0 Å². The van der Waals surface area contributed by atoms with Gasteiger partial charge in [-0.05, 0) is 73.0 Å². The van der Waals surface area contributed by atoms with Crippen molar-refractivity contribution >= 4 is 17.0 Å². The fourth-order valence-corrected chi connectivity index (χ4v) is 4.97. The number of fused-ring (bicyclic) bond motifs is 1. The van der Waals surface area contributed by atoms with Crippen LogP contribution in [-0.4, -0.2) is 22.1 Å². The van der Waals surface area contributed by atoms with Gasteiger partial charge in [0.2, 0.25) is 0 Å².